The number of fused-ring (bicyclic) bond motifs is 1. The van der Waals surface area contributed by atoms with Crippen LogP contribution in [0.3, 0.4) is 0 Å². The standard InChI is InChI=1S/C22H23N3O6/c1-3-28-21(26)14-4-7-16(8-5-14)23-22(27)25(2)12-17-11-18(24-31-17)15-6-9-19-20(10-15)30-13-29-19/h4-10,17H,3,11-13H2,1-2H3,(H,23,27). The van der Waals surface area contributed by atoms with Crippen LogP contribution in [0.25, 0.3) is 0 Å². The Hall–Kier alpha value is -3.75. The summed E-state index contributed by atoms with van der Waals surface area (Å²) in [6.07, 6.45) is 0.327. The minimum absolute atomic E-state index is 0.218. The maximum atomic E-state index is 12.5. The maximum absolute atomic E-state index is 12.5. The molecule has 162 valence electrons. The number of benzene rings is 2. The lowest BCUT2D eigenvalue weighted by molar-refractivity contribution is 0.0526. The summed E-state index contributed by atoms with van der Waals surface area (Å²) in [6.45, 7) is 2.64. The first-order valence-corrected chi connectivity index (χ1v) is 9.95. The fourth-order valence-electron chi connectivity index (χ4n) is 3.28. The zero-order valence-corrected chi connectivity index (χ0v) is 17.3. The highest BCUT2D eigenvalue weighted by atomic mass is 16.7. The SMILES string of the molecule is CCOC(=O)c1ccc(NC(=O)N(C)CC2CC(c3ccc4c(c3)OCO4)=NO2)cc1. The number of urea groups is 1. The minimum atomic E-state index is -0.394. The van der Waals surface area contributed by atoms with E-state index in [1.165, 1.54) is 4.90 Å². The molecular formula is C22H23N3O6. The number of hydrogen-bond acceptors (Lipinski definition) is 7. The van der Waals surface area contributed by atoms with Crippen molar-refractivity contribution in [3.8, 4) is 11.5 Å². The molecular weight excluding hydrogens is 402 g/mol. The van der Waals surface area contributed by atoms with Gasteiger partial charge in [-0.2, -0.15) is 0 Å². The Bertz CT molecular complexity index is 1000. The molecule has 0 bridgehead atoms. The Morgan fingerprint density at radius 1 is 1.16 bits per heavy atom. The van der Waals surface area contributed by atoms with Crippen LogP contribution >= 0.6 is 0 Å². The molecule has 31 heavy (non-hydrogen) atoms. The highest BCUT2D eigenvalue weighted by molar-refractivity contribution is 6.02. The number of hydrogen-bond donors (Lipinski definition) is 1. The first-order chi connectivity index (χ1) is 15.0. The number of nitrogens with one attached hydrogen (secondary N) is 1. The van der Waals surface area contributed by atoms with E-state index in [4.69, 9.17) is 19.0 Å². The lowest BCUT2D eigenvalue weighted by Crippen LogP contribution is -2.37. The highest BCUT2D eigenvalue weighted by Crippen LogP contribution is 2.33. The number of ether oxygens (including phenoxy) is 3. The number of carbonyl (C=O) groups is 2. The summed E-state index contributed by atoms with van der Waals surface area (Å²) in [4.78, 5) is 31.3. The molecule has 4 rings (SSSR count). The summed E-state index contributed by atoms with van der Waals surface area (Å²) in [6, 6.07) is 11.9. The van der Waals surface area contributed by atoms with Gasteiger partial charge < -0.3 is 29.3 Å². The zero-order valence-electron chi connectivity index (χ0n) is 17.3. The molecule has 0 radical (unpaired) electrons. The van der Waals surface area contributed by atoms with Crippen LogP contribution in [-0.2, 0) is 9.57 Å². The number of likely N-dealkylation sites (N-methyl/N-ethyl adjacent to an activating group) is 1. The van der Waals surface area contributed by atoms with Crippen molar-refractivity contribution in [3.05, 3.63) is 53.6 Å². The lowest BCUT2D eigenvalue weighted by atomic mass is 10.0. The lowest BCUT2D eigenvalue weighted by Gasteiger charge is -2.20. The van der Waals surface area contributed by atoms with Gasteiger partial charge in [0.2, 0.25) is 6.79 Å². The number of nitrogens with zero attached hydrogens (tertiary/aromatic N) is 2. The molecule has 0 spiro atoms. The van der Waals surface area contributed by atoms with Crippen molar-refractivity contribution in [1.29, 1.82) is 0 Å². The topological polar surface area (TPSA) is 98.7 Å². The van der Waals surface area contributed by atoms with Gasteiger partial charge in [0.25, 0.3) is 0 Å². The molecule has 9 heteroatoms. The average Bonchev–Trinajstić information content (AvgIpc) is 3.43. The molecule has 0 saturated heterocycles. The molecule has 2 aliphatic rings. The van der Waals surface area contributed by atoms with Gasteiger partial charge in [0, 0.05) is 24.7 Å². The monoisotopic (exact) mass is 425 g/mol. The van der Waals surface area contributed by atoms with E-state index in [0.29, 0.717) is 42.3 Å². The molecule has 2 aliphatic heterocycles. The van der Waals surface area contributed by atoms with E-state index in [9.17, 15) is 9.59 Å². The molecule has 9 nitrogen and oxygen atoms in total. The molecule has 2 aromatic carbocycles. The van der Waals surface area contributed by atoms with Crippen molar-refractivity contribution >= 4 is 23.4 Å². The molecule has 0 aromatic heterocycles. The minimum Gasteiger partial charge on any atom is -0.462 e. The fraction of sp³-hybridized carbons (Fsp3) is 0.318. The smallest absolute Gasteiger partial charge is 0.338 e. The molecule has 1 N–H and O–H groups in total. The van der Waals surface area contributed by atoms with Gasteiger partial charge in [0.15, 0.2) is 17.6 Å². The van der Waals surface area contributed by atoms with E-state index >= 15 is 0 Å². The molecule has 1 unspecified atom stereocenters. The predicted octanol–water partition coefficient (Wildman–Crippen LogP) is 3.25. The van der Waals surface area contributed by atoms with Crippen LogP contribution in [0.15, 0.2) is 47.6 Å². The van der Waals surface area contributed by atoms with E-state index in [1.54, 1.807) is 38.2 Å². The van der Waals surface area contributed by atoms with Crippen molar-refractivity contribution in [2.75, 3.05) is 32.3 Å². The predicted molar refractivity (Wildman–Crippen MR) is 113 cm³/mol. The highest BCUT2D eigenvalue weighted by Gasteiger charge is 2.26. The van der Waals surface area contributed by atoms with Gasteiger partial charge in [-0.25, -0.2) is 9.59 Å². The zero-order chi connectivity index (χ0) is 21.8. The summed E-state index contributed by atoms with van der Waals surface area (Å²) in [7, 11) is 1.68. The van der Waals surface area contributed by atoms with Crippen LogP contribution in [0.1, 0.15) is 29.3 Å². The maximum Gasteiger partial charge on any atom is 0.338 e. The summed E-state index contributed by atoms with van der Waals surface area (Å²) in [5.74, 6) is 1.01. The van der Waals surface area contributed by atoms with Crippen LogP contribution in [0.2, 0.25) is 0 Å². The van der Waals surface area contributed by atoms with Crippen molar-refractivity contribution in [2.45, 2.75) is 19.4 Å². The second kappa shape index (κ2) is 8.95. The van der Waals surface area contributed by atoms with Crippen LogP contribution in [0.4, 0.5) is 10.5 Å². The first kappa shape index (κ1) is 20.5. The number of oxime groups is 1. The summed E-state index contributed by atoms with van der Waals surface area (Å²) >= 11 is 0. The summed E-state index contributed by atoms with van der Waals surface area (Å²) in [5.41, 5.74) is 2.71. The molecule has 2 heterocycles. The third-order valence-electron chi connectivity index (χ3n) is 4.91. The third kappa shape index (κ3) is 4.71. The van der Waals surface area contributed by atoms with E-state index in [1.807, 2.05) is 18.2 Å². The van der Waals surface area contributed by atoms with Gasteiger partial charge in [0.1, 0.15) is 0 Å². The van der Waals surface area contributed by atoms with Crippen molar-refractivity contribution in [1.82, 2.24) is 4.90 Å². The summed E-state index contributed by atoms with van der Waals surface area (Å²) < 4.78 is 15.7. The fourth-order valence-corrected chi connectivity index (χ4v) is 3.28. The normalized spacial score (nSPS) is 16.3. The largest absolute Gasteiger partial charge is 0.462 e. The Kier molecular flexibility index (Phi) is 5.92. The number of esters is 1. The van der Waals surface area contributed by atoms with Crippen LogP contribution in [0.5, 0.6) is 11.5 Å². The first-order valence-electron chi connectivity index (χ1n) is 9.95. The Morgan fingerprint density at radius 3 is 2.71 bits per heavy atom. The van der Waals surface area contributed by atoms with E-state index in [0.717, 1.165) is 11.3 Å². The van der Waals surface area contributed by atoms with Gasteiger partial charge in [0.05, 0.1) is 24.4 Å². The van der Waals surface area contributed by atoms with Gasteiger partial charge in [-0.1, -0.05) is 5.16 Å². The Balaban J connectivity index is 1.28. The van der Waals surface area contributed by atoms with Gasteiger partial charge in [-0.05, 0) is 49.4 Å². The van der Waals surface area contributed by atoms with Gasteiger partial charge >= 0.3 is 12.0 Å². The number of amides is 2. The van der Waals surface area contributed by atoms with Crippen molar-refractivity contribution in [3.63, 3.8) is 0 Å². The number of anilines is 1. The van der Waals surface area contributed by atoms with E-state index in [2.05, 4.69) is 10.5 Å². The quantitative estimate of drug-likeness (QED) is 0.714. The molecule has 1 atom stereocenters. The third-order valence-corrected chi connectivity index (χ3v) is 4.91. The molecule has 0 fully saturated rings. The number of rotatable bonds is 6. The van der Waals surface area contributed by atoms with E-state index in [-0.39, 0.29) is 18.9 Å². The molecule has 2 amide bonds. The number of carbonyl (C=O) groups excluding carboxylic acids is 2. The van der Waals surface area contributed by atoms with Crippen molar-refractivity contribution in [2.24, 2.45) is 5.16 Å². The van der Waals surface area contributed by atoms with Gasteiger partial charge in [-0.15, -0.1) is 0 Å². The second-order valence-corrected chi connectivity index (χ2v) is 7.15. The average molecular weight is 425 g/mol. The summed E-state index contributed by atoms with van der Waals surface area (Å²) in [5, 5.41) is 6.97. The van der Waals surface area contributed by atoms with Crippen LogP contribution in [0, 0.1) is 0 Å². The van der Waals surface area contributed by atoms with E-state index < -0.39 is 5.97 Å². The van der Waals surface area contributed by atoms with Crippen LogP contribution < -0.4 is 14.8 Å². The second-order valence-electron chi connectivity index (χ2n) is 7.15. The Labute approximate surface area is 179 Å². The Morgan fingerprint density at radius 2 is 1.94 bits per heavy atom. The molecule has 0 saturated carbocycles. The molecule has 0 aliphatic carbocycles. The van der Waals surface area contributed by atoms with Crippen LogP contribution in [-0.4, -0.2) is 55.7 Å². The van der Waals surface area contributed by atoms with Crippen molar-refractivity contribution < 1.29 is 28.6 Å². The van der Waals surface area contributed by atoms with Gasteiger partial charge in [-0.3, -0.25) is 0 Å². The molecule has 2 aromatic rings.